The monoisotopic (exact) mass is 380 g/mol. The molecule has 4 nitrogen and oxygen atoms in total. The smallest absolute Gasteiger partial charge is 0.173 e. The van der Waals surface area contributed by atoms with Crippen molar-refractivity contribution in [1.82, 2.24) is 15.0 Å². The van der Waals surface area contributed by atoms with Crippen LogP contribution in [0.5, 0.6) is 0 Å². The van der Waals surface area contributed by atoms with Crippen molar-refractivity contribution in [1.29, 1.82) is 0 Å². The lowest BCUT2D eigenvalue weighted by Gasteiger charge is -2.11. The van der Waals surface area contributed by atoms with Gasteiger partial charge in [-0.1, -0.05) is 13.0 Å². The van der Waals surface area contributed by atoms with Gasteiger partial charge in [0.25, 0.3) is 0 Å². The first-order chi connectivity index (χ1) is 13.5. The van der Waals surface area contributed by atoms with Crippen LogP contribution in [-0.2, 0) is 6.54 Å². The van der Waals surface area contributed by atoms with Gasteiger partial charge in [-0.15, -0.1) is 0 Å². The van der Waals surface area contributed by atoms with E-state index in [1.165, 1.54) is 12.3 Å². The molecule has 3 heterocycles. The third-order valence-electron chi connectivity index (χ3n) is 4.32. The lowest BCUT2D eigenvalue weighted by molar-refractivity contribution is 0.613. The Labute approximate surface area is 163 Å². The number of nitrogens with one attached hydrogen (secondary N) is 1. The molecule has 1 N–H and O–H groups in total. The second-order valence-corrected chi connectivity index (χ2v) is 6.60. The number of allylic oxidation sites excluding steroid dienone is 2. The van der Waals surface area contributed by atoms with E-state index in [0.717, 1.165) is 17.6 Å². The number of rotatable bonds is 6. The number of aryl methyl sites for hydroxylation is 1. The molecule has 3 aromatic rings. The number of pyridine rings is 3. The summed E-state index contributed by atoms with van der Waals surface area (Å²) in [6.45, 7) is 5.93. The van der Waals surface area contributed by atoms with Gasteiger partial charge < -0.3 is 5.32 Å². The number of hydrogen-bond donors (Lipinski definition) is 1. The van der Waals surface area contributed by atoms with Crippen LogP contribution in [0.25, 0.3) is 16.7 Å². The summed E-state index contributed by atoms with van der Waals surface area (Å²) in [6.07, 6.45) is 9.18. The Hall–Kier alpha value is -3.15. The lowest BCUT2D eigenvalue weighted by atomic mass is 10.1. The SMILES string of the molecule is CC/C=C(\C)c1ncc(CNc2nccc(-c3cncc(C)c3)c2F)cc1F. The van der Waals surface area contributed by atoms with Crippen molar-refractivity contribution < 1.29 is 8.78 Å². The molecule has 0 saturated carbocycles. The minimum absolute atomic E-state index is 0.102. The normalized spacial score (nSPS) is 11.5. The third kappa shape index (κ3) is 4.39. The summed E-state index contributed by atoms with van der Waals surface area (Å²) < 4.78 is 29.2. The van der Waals surface area contributed by atoms with Crippen LogP contribution in [-0.4, -0.2) is 15.0 Å². The fraction of sp³-hybridized carbons (Fsp3) is 0.227. The van der Waals surface area contributed by atoms with E-state index in [0.29, 0.717) is 22.4 Å². The molecule has 3 rings (SSSR count). The summed E-state index contributed by atoms with van der Waals surface area (Å²) in [5, 5.41) is 2.93. The molecule has 0 aliphatic rings. The minimum atomic E-state index is -0.471. The van der Waals surface area contributed by atoms with Crippen LogP contribution in [0.1, 0.15) is 37.1 Å². The van der Waals surface area contributed by atoms with E-state index in [-0.39, 0.29) is 12.4 Å². The van der Waals surface area contributed by atoms with Gasteiger partial charge in [0.15, 0.2) is 11.6 Å². The van der Waals surface area contributed by atoms with Crippen LogP contribution in [0.15, 0.2) is 49.1 Å². The largest absolute Gasteiger partial charge is 0.363 e. The predicted octanol–water partition coefficient (Wildman–Crippen LogP) is 5.55. The van der Waals surface area contributed by atoms with Crippen LogP contribution in [0.2, 0.25) is 0 Å². The van der Waals surface area contributed by atoms with E-state index >= 15 is 0 Å². The topological polar surface area (TPSA) is 50.7 Å². The van der Waals surface area contributed by atoms with Crippen molar-refractivity contribution in [3.8, 4) is 11.1 Å². The molecule has 0 aliphatic heterocycles. The standard InChI is InChI=1S/C22H22F2N4/c1-4-5-15(3)21-19(23)9-16(11-27-21)12-28-22-20(24)18(6-7-26-22)17-8-14(2)10-25-13-17/h5-11,13H,4,12H2,1-3H3,(H,26,28)/b15-5+. The average Bonchev–Trinajstić information content (AvgIpc) is 2.67. The molecular weight excluding hydrogens is 358 g/mol. The van der Waals surface area contributed by atoms with Crippen LogP contribution in [0.4, 0.5) is 14.6 Å². The maximum atomic E-state index is 14.9. The van der Waals surface area contributed by atoms with E-state index in [1.54, 1.807) is 24.7 Å². The van der Waals surface area contributed by atoms with Crippen molar-refractivity contribution >= 4 is 11.4 Å². The molecule has 0 radical (unpaired) electrons. The molecule has 0 spiro atoms. The Balaban J connectivity index is 1.79. The molecule has 0 saturated heterocycles. The third-order valence-corrected chi connectivity index (χ3v) is 4.32. The zero-order valence-corrected chi connectivity index (χ0v) is 16.1. The molecule has 6 heteroatoms. The Morgan fingerprint density at radius 1 is 1.14 bits per heavy atom. The Morgan fingerprint density at radius 3 is 2.68 bits per heavy atom. The molecule has 0 bridgehead atoms. The molecule has 0 atom stereocenters. The van der Waals surface area contributed by atoms with Crippen LogP contribution in [0.3, 0.4) is 0 Å². The summed E-state index contributed by atoms with van der Waals surface area (Å²) in [6, 6.07) is 4.88. The maximum Gasteiger partial charge on any atom is 0.173 e. The van der Waals surface area contributed by atoms with Gasteiger partial charge in [-0.2, -0.15) is 0 Å². The van der Waals surface area contributed by atoms with Crippen molar-refractivity contribution in [2.24, 2.45) is 0 Å². The van der Waals surface area contributed by atoms with E-state index < -0.39 is 11.6 Å². The Morgan fingerprint density at radius 2 is 1.96 bits per heavy atom. The molecule has 0 aromatic carbocycles. The first-order valence-electron chi connectivity index (χ1n) is 9.11. The zero-order chi connectivity index (χ0) is 20.1. The van der Waals surface area contributed by atoms with Gasteiger partial charge in [0, 0.05) is 42.5 Å². The highest BCUT2D eigenvalue weighted by molar-refractivity contribution is 5.67. The van der Waals surface area contributed by atoms with Gasteiger partial charge in [-0.05, 0) is 55.2 Å². The Kier molecular flexibility index (Phi) is 6.09. The summed E-state index contributed by atoms with van der Waals surface area (Å²) in [4.78, 5) is 12.4. The van der Waals surface area contributed by atoms with Crippen molar-refractivity contribution in [2.75, 3.05) is 5.32 Å². The number of aromatic nitrogens is 3. The fourth-order valence-corrected chi connectivity index (χ4v) is 2.95. The van der Waals surface area contributed by atoms with E-state index in [9.17, 15) is 8.78 Å². The molecule has 144 valence electrons. The quantitative estimate of drug-likeness (QED) is 0.609. The van der Waals surface area contributed by atoms with Gasteiger partial charge in [-0.3, -0.25) is 9.97 Å². The lowest BCUT2D eigenvalue weighted by Crippen LogP contribution is -2.06. The number of anilines is 1. The highest BCUT2D eigenvalue weighted by atomic mass is 19.1. The van der Waals surface area contributed by atoms with Gasteiger partial charge >= 0.3 is 0 Å². The molecule has 3 aromatic heterocycles. The van der Waals surface area contributed by atoms with Gasteiger partial charge in [0.1, 0.15) is 11.5 Å². The number of hydrogen-bond acceptors (Lipinski definition) is 4. The zero-order valence-electron chi connectivity index (χ0n) is 16.1. The van der Waals surface area contributed by atoms with E-state index in [2.05, 4.69) is 20.3 Å². The van der Waals surface area contributed by atoms with E-state index in [1.807, 2.05) is 32.9 Å². The maximum absolute atomic E-state index is 14.9. The summed E-state index contributed by atoms with van der Waals surface area (Å²) in [5.74, 6) is -0.762. The van der Waals surface area contributed by atoms with Crippen LogP contribution >= 0.6 is 0 Å². The number of halogens is 2. The second kappa shape index (κ2) is 8.69. The van der Waals surface area contributed by atoms with Crippen molar-refractivity contribution in [2.45, 2.75) is 33.7 Å². The van der Waals surface area contributed by atoms with Crippen LogP contribution < -0.4 is 5.32 Å². The van der Waals surface area contributed by atoms with Crippen LogP contribution in [0, 0.1) is 18.6 Å². The molecular formula is C22H22F2N4. The number of nitrogens with zero attached hydrogens (tertiary/aromatic N) is 3. The summed E-state index contributed by atoms with van der Waals surface area (Å²) in [5.41, 5.74) is 3.77. The second-order valence-electron chi connectivity index (χ2n) is 6.60. The predicted molar refractivity (Wildman–Crippen MR) is 108 cm³/mol. The molecule has 0 unspecified atom stereocenters. The highest BCUT2D eigenvalue weighted by Gasteiger charge is 2.13. The average molecular weight is 380 g/mol. The van der Waals surface area contributed by atoms with Gasteiger partial charge in [0.05, 0.1) is 0 Å². The highest BCUT2D eigenvalue weighted by Crippen LogP contribution is 2.26. The molecule has 0 amide bonds. The minimum Gasteiger partial charge on any atom is -0.363 e. The van der Waals surface area contributed by atoms with Crippen molar-refractivity contribution in [3.63, 3.8) is 0 Å². The van der Waals surface area contributed by atoms with Gasteiger partial charge in [0.2, 0.25) is 0 Å². The van der Waals surface area contributed by atoms with E-state index in [4.69, 9.17) is 0 Å². The molecule has 0 fully saturated rings. The summed E-state index contributed by atoms with van der Waals surface area (Å²) in [7, 11) is 0. The first kappa shape index (κ1) is 19.6. The van der Waals surface area contributed by atoms with Gasteiger partial charge in [-0.25, -0.2) is 13.8 Å². The summed E-state index contributed by atoms with van der Waals surface area (Å²) >= 11 is 0. The van der Waals surface area contributed by atoms with Crippen molar-refractivity contribution in [3.05, 3.63) is 77.5 Å². The molecule has 28 heavy (non-hydrogen) atoms. The Bertz CT molecular complexity index is 1020. The fourth-order valence-electron chi connectivity index (χ4n) is 2.95. The molecule has 0 aliphatic carbocycles. The first-order valence-corrected chi connectivity index (χ1v) is 9.11.